The number of piperidine rings is 1. The molecule has 13 heteroatoms. The molecule has 6 rings (SSSR count). The van der Waals surface area contributed by atoms with E-state index in [1.165, 1.54) is 35.1 Å². The molecule has 0 radical (unpaired) electrons. The zero-order valence-corrected chi connectivity index (χ0v) is 22.4. The van der Waals surface area contributed by atoms with Crippen LogP contribution in [0.25, 0.3) is 22.4 Å². The number of ketones is 1. The molecule has 0 spiro atoms. The van der Waals surface area contributed by atoms with Gasteiger partial charge in [0.05, 0.1) is 31.0 Å². The highest BCUT2D eigenvalue weighted by molar-refractivity contribution is 5.93. The highest BCUT2D eigenvalue weighted by Crippen LogP contribution is 2.45. The molecule has 5 heterocycles. The molecule has 4 aromatic heterocycles. The number of fused-ring (bicyclic) bond motifs is 2. The van der Waals surface area contributed by atoms with Crippen molar-refractivity contribution in [2.75, 3.05) is 23.3 Å². The van der Waals surface area contributed by atoms with Crippen molar-refractivity contribution in [2.45, 2.75) is 39.3 Å². The van der Waals surface area contributed by atoms with Crippen LogP contribution in [0.15, 0.2) is 46.6 Å². The summed E-state index contributed by atoms with van der Waals surface area (Å²) in [5.41, 5.74) is 0.177. The first-order valence-electron chi connectivity index (χ1n) is 13.3. The van der Waals surface area contributed by atoms with E-state index in [2.05, 4.69) is 30.2 Å². The number of carbonyl (C=O) groups is 2. The molecule has 206 valence electrons. The molecular weight excluding hydrogens is 514 g/mol. The van der Waals surface area contributed by atoms with E-state index >= 15 is 0 Å². The lowest BCUT2D eigenvalue weighted by Gasteiger charge is -2.19. The molecule has 13 nitrogen and oxygen atoms in total. The maximum atomic E-state index is 13.2. The summed E-state index contributed by atoms with van der Waals surface area (Å²) in [5.74, 6) is 2.09. The minimum absolute atomic E-state index is 0.0509. The first-order chi connectivity index (χ1) is 19.2. The average molecular weight is 544 g/mol. The number of Topliss-reactive ketones (excluding diaryl/α,β-unsaturated/α-hetero) is 1. The maximum absolute atomic E-state index is 13.2. The van der Waals surface area contributed by atoms with Crippen LogP contribution >= 0.6 is 0 Å². The SMILES string of the molecule is CCC(=O)Cn1c(=O)c2c(ncn2C(C)C(=O)Nc2cncc(-c3ccc(N4CC5CC5C4)nc3)n2)n(C)c1=O. The Morgan fingerprint density at radius 3 is 2.58 bits per heavy atom. The molecule has 4 aromatic rings. The van der Waals surface area contributed by atoms with Gasteiger partial charge in [-0.2, -0.15) is 0 Å². The molecule has 1 saturated heterocycles. The van der Waals surface area contributed by atoms with E-state index in [0.29, 0.717) is 5.69 Å². The standard InChI is InChI=1S/C27H29N9O4/c1-4-19(37)13-35-26(39)23-24(33(3)27(35)40)30-14-36(23)15(2)25(38)32-21-10-28-9-20(31-21)16-5-6-22(29-8-16)34-11-17-7-18(17)12-34/h5-6,8-10,14-15,17-18H,4,7,11-13H2,1-3H3,(H,31,32,38). The van der Waals surface area contributed by atoms with Gasteiger partial charge >= 0.3 is 5.69 Å². The van der Waals surface area contributed by atoms with Crippen molar-refractivity contribution in [3.05, 3.63) is 57.9 Å². The molecule has 3 unspecified atom stereocenters. The summed E-state index contributed by atoms with van der Waals surface area (Å²) >= 11 is 0. The maximum Gasteiger partial charge on any atom is 0.332 e. The molecule has 1 amide bonds. The Morgan fingerprint density at radius 1 is 1.10 bits per heavy atom. The lowest BCUT2D eigenvalue weighted by molar-refractivity contribution is -0.120. The van der Waals surface area contributed by atoms with Gasteiger partial charge in [-0.15, -0.1) is 0 Å². The first kappa shape index (κ1) is 25.6. The van der Waals surface area contributed by atoms with Crippen molar-refractivity contribution in [1.29, 1.82) is 0 Å². The Hall–Kier alpha value is -4.68. The van der Waals surface area contributed by atoms with Gasteiger partial charge in [0.25, 0.3) is 5.56 Å². The number of nitrogens with one attached hydrogen (secondary N) is 1. The van der Waals surface area contributed by atoms with E-state index in [1.807, 2.05) is 12.1 Å². The molecule has 2 fully saturated rings. The van der Waals surface area contributed by atoms with Crippen LogP contribution in [-0.2, 0) is 23.2 Å². The van der Waals surface area contributed by atoms with E-state index in [1.54, 1.807) is 26.2 Å². The number of aromatic nitrogens is 7. The molecule has 40 heavy (non-hydrogen) atoms. The number of carbonyl (C=O) groups excluding carboxylic acids is 2. The van der Waals surface area contributed by atoms with Gasteiger partial charge in [0.1, 0.15) is 11.9 Å². The molecule has 0 bridgehead atoms. The number of nitrogens with zero attached hydrogens (tertiary/aromatic N) is 8. The Morgan fingerprint density at radius 2 is 1.88 bits per heavy atom. The summed E-state index contributed by atoms with van der Waals surface area (Å²) in [7, 11) is 1.47. The third kappa shape index (κ3) is 4.46. The van der Waals surface area contributed by atoms with Crippen LogP contribution < -0.4 is 21.5 Å². The van der Waals surface area contributed by atoms with Gasteiger partial charge in [-0.3, -0.25) is 28.5 Å². The second-order valence-electron chi connectivity index (χ2n) is 10.5. The fourth-order valence-electron chi connectivity index (χ4n) is 5.24. The molecular formula is C27H29N9O4. The second-order valence-corrected chi connectivity index (χ2v) is 10.5. The summed E-state index contributed by atoms with van der Waals surface area (Å²) in [6.45, 7) is 5.03. The van der Waals surface area contributed by atoms with E-state index in [4.69, 9.17) is 0 Å². The van der Waals surface area contributed by atoms with Crippen LogP contribution in [0.1, 0.15) is 32.7 Å². The molecule has 1 N–H and O–H groups in total. The summed E-state index contributed by atoms with van der Waals surface area (Å²) < 4.78 is 3.46. The molecule has 1 aliphatic carbocycles. The number of hydrogen-bond donors (Lipinski definition) is 1. The molecule has 1 saturated carbocycles. The lowest BCUT2D eigenvalue weighted by atomic mass is 10.2. The number of pyridine rings is 1. The molecule has 0 aromatic carbocycles. The zero-order chi connectivity index (χ0) is 28.1. The van der Waals surface area contributed by atoms with Gasteiger partial charge in [0.2, 0.25) is 5.91 Å². The van der Waals surface area contributed by atoms with Crippen molar-refractivity contribution in [3.8, 4) is 11.3 Å². The Labute approximate surface area is 228 Å². The summed E-state index contributed by atoms with van der Waals surface area (Å²) in [6.07, 6.45) is 7.65. The van der Waals surface area contributed by atoms with Gasteiger partial charge in [-0.25, -0.2) is 19.7 Å². The number of amides is 1. The Balaban J connectivity index is 1.22. The smallest absolute Gasteiger partial charge is 0.332 e. The van der Waals surface area contributed by atoms with Crippen molar-refractivity contribution in [3.63, 3.8) is 0 Å². The number of imidazole rings is 1. The Kier molecular flexibility index (Phi) is 6.28. The first-order valence-corrected chi connectivity index (χ1v) is 13.3. The quantitative estimate of drug-likeness (QED) is 0.348. The molecule has 1 aliphatic heterocycles. The number of hydrogen-bond acceptors (Lipinski definition) is 9. The minimum Gasteiger partial charge on any atom is -0.356 e. The van der Waals surface area contributed by atoms with Crippen molar-refractivity contribution in [2.24, 2.45) is 18.9 Å². The molecule has 2 aliphatic rings. The van der Waals surface area contributed by atoms with Gasteiger partial charge in [0.15, 0.2) is 22.8 Å². The number of aryl methyl sites for hydroxylation is 1. The third-order valence-electron chi connectivity index (χ3n) is 7.82. The number of rotatable bonds is 8. The highest BCUT2D eigenvalue weighted by atomic mass is 16.2. The van der Waals surface area contributed by atoms with Crippen LogP contribution in [0.5, 0.6) is 0 Å². The lowest BCUT2D eigenvalue weighted by Crippen LogP contribution is -2.41. The second kappa shape index (κ2) is 9.81. The van der Waals surface area contributed by atoms with Gasteiger partial charge < -0.3 is 14.8 Å². The van der Waals surface area contributed by atoms with E-state index < -0.39 is 23.2 Å². The van der Waals surface area contributed by atoms with Gasteiger partial charge in [0, 0.05) is 38.3 Å². The fourth-order valence-corrected chi connectivity index (χ4v) is 5.24. The van der Waals surface area contributed by atoms with E-state index in [9.17, 15) is 19.2 Å². The van der Waals surface area contributed by atoms with Crippen molar-refractivity contribution < 1.29 is 9.59 Å². The van der Waals surface area contributed by atoms with Gasteiger partial charge in [-0.05, 0) is 37.3 Å². The van der Waals surface area contributed by atoms with Crippen LogP contribution in [-0.4, -0.2) is 58.4 Å². The van der Waals surface area contributed by atoms with Gasteiger partial charge in [-0.1, -0.05) is 6.92 Å². The largest absolute Gasteiger partial charge is 0.356 e. The van der Waals surface area contributed by atoms with Crippen molar-refractivity contribution >= 4 is 34.5 Å². The fraction of sp³-hybridized carbons (Fsp3) is 0.407. The normalized spacial score (nSPS) is 18.5. The number of anilines is 2. The average Bonchev–Trinajstić information content (AvgIpc) is 3.35. The monoisotopic (exact) mass is 543 g/mol. The zero-order valence-electron chi connectivity index (χ0n) is 22.4. The Bertz CT molecular complexity index is 1740. The van der Waals surface area contributed by atoms with E-state index in [-0.39, 0.29) is 35.7 Å². The summed E-state index contributed by atoms with van der Waals surface area (Å²) in [5, 5.41) is 2.75. The topological polar surface area (TPSA) is 150 Å². The van der Waals surface area contributed by atoms with Crippen LogP contribution in [0, 0.1) is 11.8 Å². The van der Waals surface area contributed by atoms with Crippen LogP contribution in [0.3, 0.4) is 0 Å². The van der Waals surface area contributed by atoms with Crippen LogP contribution in [0.2, 0.25) is 0 Å². The predicted molar refractivity (Wildman–Crippen MR) is 147 cm³/mol. The predicted octanol–water partition coefficient (Wildman–Crippen LogP) is 1.38. The minimum atomic E-state index is -0.886. The summed E-state index contributed by atoms with van der Waals surface area (Å²) in [6, 6.07) is 3.04. The summed E-state index contributed by atoms with van der Waals surface area (Å²) in [4.78, 5) is 71.0. The highest BCUT2D eigenvalue weighted by Gasteiger charge is 2.45. The van der Waals surface area contributed by atoms with Crippen molar-refractivity contribution in [1.82, 2.24) is 33.6 Å². The third-order valence-corrected chi connectivity index (χ3v) is 7.82. The molecule has 3 atom stereocenters. The van der Waals surface area contributed by atoms with E-state index in [0.717, 1.165) is 40.9 Å². The van der Waals surface area contributed by atoms with Crippen LogP contribution in [0.4, 0.5) is 11.6 Å².